The maximum Gasteiger partial charge on any atom is 0.0536 e. The number of likely N-dealkylation sites (tertiary alicyclic amines) is 1. The summed E-state index contributed by atoms with van der Waals surface area (Å²) in [5.74, 6) is 0.816. The summed E-state index contributed by atoms with van der Waals surface area (Å²) in [6.07, 6.45) is 7.73. The van der Waals surface area contributed by atoms with Crippen LogP contribution < -0.4 is 5.73 Å². The number of nitrogens with zero attached hydrogens (tertiary/aromatic N) is 3. The van der Waals surface area contributed by atoms with Crippen LogP contribution in [0.25, 0.3) is 0 Å². The number of nitrogens with two attached hydrogens (primary N) is 1. The number of piperidine rings is 1. The summed E-state index contributed by atoms with van der Waals surface area (Å²) in [6, 6.07) is 1.98. The van der Waals surface area contributed by atoms with Gasteiger partial charge in [-0.15, -0.1) is 0 Å². The zero-order valence-corrected chi connectivity index (χ0v) is 9.89. The van der Waals surface area contributed by atoms with E-state index in [1.807, 2.05) is 23.1 Å². The summed E-state index contributed by atoms with van der Waals surface area (Å²) in [4.78, 5) is 2.55. The first-order chi connectivity index (χ1) is 7.88. The lowest BCUT2D eigenvalue weighted by Crippen LogP contribution is -2.38. The van der Waals surface area contributed by atoms with Gasteiger partial charge in [0.2, 0.25) is 0 Å². The first-order valence-electron chi connectivity index (χ1n) is 6.28. The van der Waals surface area contributed by atoms with E-state index in [-0.39, 0.29) is 0 Å². The van der Waals surface area contributed by atoms with Crippen LogP contribution in [0.1, 0.15) is 19.3 Å². The Morgan fingerprint density at radius 3 is 3.06 bits per heavy atom. The minimum atomic E-state index is 0.816. The molecular weight excluding hydrogens is 200 g/mol. The van der Waals surface area contributed by atoms with Crippen LogP contribution in [0.15, 0.2) is 18.5 Å². The van der Waals surface area contributed by atoms with Gasteiger partial charge in [-0.2, -0.15) is 5.10 Å². The van der Waals surface area contributed by atoms with E-state index >= 15 is 0 Å². The molecule has 1 saturated heterocycles. The minimum Gasteiger partial charge on any atom is -0.330 e. The van der Waals surface area contributed by atoms with Gasteiger partial charge >= 0.3 is 0 Å². The van der Waals surface area contributed by atoms with E-state index in [9.17, 15) is 0 Å². The fourth-order valence-corrected chi connectivity index (χ4v) is 2.50. The van der Waals surface area contributed by atoms with Crippen LogP contribution in [-0.2, 0) is 6.54 Å². The first kappa shape index (κ1) is 11.6. The lowest BCUT2D eigenvalue weighted by molar-refractivity contribution is 0.163. The van der Waals surface area contributed by atoms with Gasteiger partial charge in [0, 0.05) is 25.5 Å². The summed E-state index contributed by atoms with van der Waals surface area (Å²) in [7, 11) is 0. The van der Waals surface area contributed by atoms with Gasteiger partial charge in [0.05, 0.1) is 6.54 Å². The number of rotatable bonds is 5. The topological polar surface area (TPSA) is 47.1 Å². The molecule has 4 heteroatoms. The maximum absolute atomic E-state index is 5.62. The number of hydrogen-bond acceptors (Lipinski definition) is 3. The Morgan fingerprint density at radius 1 is 1.38 bits per heavy atom. The SMILES string of the molecule is NCCC1CCCN(CCn2cccn2)C1. The minimum absolute atomic E-state index is 0.816. The highest BCUT2D eigenvalue weighted by atomic mass is 15.3. The molecule has 0 radical (unpaired) electrons. The van der Waals surface area contributed by atoms with Gasteiger partial charge in [0.1, 0.15) is 0 Å². The molecule has 1 aliphatic heterocycles. The lowest BCUT2D eigenvalue weighted by atomic mass is 9.95. The normalized spacial score (nSPS) is 22.4. The molecule has 0 aromatic carbocycles. The van der Waals surface area contributed by atoms with Gasteiger partial charge in [0.15, 0.2) is 0 Å². The summed E-state index contributed by atoms with van der Waals surface area (Å²) in [5.41, 5.74) is 5.62. The Balaban J connectivity index is 1.72. The van der Waals surface area contributed by atoms with Gasteiger partial charge in [-0.3, -0.25) is 4.68 Å². The molecule has 1 aromatic heterocycles. The summed E-state index contributed by atoms with van der Waals surface area (Å²) >= 11 is 0. The standard InChI is InChI=1S/C12H22N4/c13-5-4-12-3-1-7-15(11-12)9-10-16-8-2-6-14-16/h2,6,8,12H,1,3-5,7,9-11,13H2. The van der Waals surface area contributed by atoms with Crippen molar-refractivity contribution in [3.8, 4) is 0 Å². The average molecular weight is 222 g/mol. The molecule has 1 aliphatic rings. The van der Waals surface area contributed by atoms with Crippen molar-refractivity contribution in [2.24, 2.45) is 11.7 Å². The third-order valence-corrected chi connectivity index (χ3v) is 3.38. The van der Waals surface area contributed by atoms with Crippen molar-refractivity contribution in [3.05, 3.63) is 18.5 Å². The van der Waals surface area contributed by atoms with E-state index in [0.29, 0.717) is 0 Å². The van der Waals surface area contributed by atoms with E-state index in [0.717, 1.165) is 25.6 Å². The van der Waals surface area contributed by atoms with Crippen molar-refractivity contribution in [2.45, 2.75) is 25.8 Å². The number of aromatic nitrogens is 2. The molecule has 0 amide bonds. The molecule has 2 rings (SSSR count). The van der Waals surface area contributed by atoms with Gasteiger partial charge in [-0.1, -0.05) is 0 Å². The predicted molar refractivity (Wildman–Crippen MR) is 65.1 cm³/mol. The third kappa shape index (κ3) is 3.32. The first-order valence-corrected chi connectivity index (χ1v) is 6.28. The Kier molecular flexibility index (Phi) is 4.36. The van der Waals surface area contributed by atoms with Gasteiger partial charge in [0.25, 0.3) is 0 Å². The maximum atomic E-state index is 5.62. The average Bonchev–Trinajstić information content (AvgIpc) is 2.80. The van der Waals surface area contributed by atoms with E-state index in [1.54, 1.807) is 0 Å². The molecule has 1 atom stereocenters. The summed E-state index contributed by atoms with van der Waals surface area (Å²) in [5, 5.41) is 4.23. The van der Waals surface area contributed by atoms with Crippen LogP contribution in [0, 0.1) is 5.92 Å². The van der Waals surface area contributed by atoms with Crippen molar-refractivity contribution < 1.29 is 0 Å². The van der Waals surface area contributed by atoms with Gasteiger partial charge in [-0.25, -0.2) is 0 Å². The highest BCUT2D eigenvalue weighted by Gasteiger charge is 2.18. The Morgan fingerprint density at radius 2 is 2.31 bits per heavy atom. The molecule has 2 N–H and O–H groups in total. The van der Waals surface area contributed by atoms with Crippen LogP contribution in [0.4, 0.5) is 0 Å². The largest absolute Gasteiger partial charge is 0.330 e. The highest BCUT2D eigenvalue weighted by Crippen LogP contribution is 2.18. The van der Waals surface area contributed by atoms with Crippen LogP contribution in [-0.4, -0.2) is 40.9 Å². The monoisotopic (exact) mass is 222 g/mol. The van der Waals surface area contributed by atoms with Crippen molar-refractivity contribution in [1.82, 2.24) is 14.7 Å². The predicted octanol–water partition coefficient (Wildman–Crippen LogP) is 0.944. The molecule has 1 fully saturated rings. The zero-order valence-electron chi connectivity index (χ0n) is 9.89. The second kappa shape index (κ2) is 6.01. The molecule has 90 valence electrons. The quantitative estimate of drug-likeness (QED) is 0.806. The van der Waals surface area contributed by atoms with Gasteiger partial charge < -0.3 is 10.6 Å². The van der Waals surface area contributed by atoms with E-state index < -0.39 is 0 Å². The molecule has 1 unspecified atom stereocenters. The van der Waals surface area contributed by atoms with Crippen molar-refractivity contribution >= 4 is 0 Å². The van der Waals surface area contributed by atoms with Gasteiger partial charge in [-0.05, 0) is 44.3 Å². The fraction of sp³-hybridized carbons (Fsp3) is 0.750. The number of hydrogen-bond donors (Lipinski definition) is 1. The van der Waals surface area contributed by atoms with Crippen LogP contribution in [0.2, 0.25) is 0 Å². The highest BCUT2D eigenvalue weighted by molar-refractivity contribution is 4.79. The lowest BCUT2D eigenvalue weighted by Gasteiger charge is -2.32. The molecule has 16 heavy (non-hydrogen) atoms. The summed E-state index contributed by atoms with van der Waals surface area (Å²) < 4.78 is 2.01. The Labute approximate surface area is 97.4 Å². The van der Waals surface area contributed by atoms with Crippen LogP contribution in [0.3, 0.4) is 0 Å². The van der Waals surface area contributed by atoms with E-state index in [4.69, 9.17) is 5.73 Å². The Bertz CT molecular complexity index is 281. The third-order valence-electron chi connectivity index (χ3n) is 3.38. The second-order valence-electron chi connectivity index (χ2n) is 4.66. The summed E-state index contributed by atoms with van der Waals surface area (Å²) in [6.45, 7) is 5.41. The molecule has 0 aliphatic carbocycles. The zero-order chi connectivity index (χ0) is 11.2. The smallest absolute Gasteiger partial charge is 0.0536 e. The van der Waals surface area contributed by atoms with Crippen LogP contribution in [0.5, 0.6) is 0 Å². The molecule has 4 nitrogen and oxygen atoms in total. The Hall–Kier alpha value is -0.870. The van der Waals surface area contributed by atoms with E-state index in [1.165, 1.54) is 32.4 Å². The molecule has 2 heterocycles. The van der Waals surface area contributed by atoms with Crippen molar-refractivity contribution in [3.63, 3.8) is 0 Å². The van der Waals surface area contributed by atoms with Crippen molar-refractivity contribution in [1.29, 1.82) is 0 Å². The molecule has 0 saturated carbocycles. The molecule has 0 bridgehead atoms. The van der Waals surface area contributed by atoms with E-state index in [2.05, 4.69) is 10.00 Å². The fourth-order valence-electron chi connectivity index (χ4n) is 2.50. The molecule has 1 aromatic rings. The molecule has 0 spiro atoms. The van der Waals surface area contributed by atoms with Crippen LogP contribution >= 0.6 is 0 Å². The van der Waals surface area contributed by atoms with Crippen molar-refractivity contribution in [2.75, 3.05) is 26.2 Å². The second-order valence-corrected chi connectivity index (χ2v) is 4.66. The molecular formula is C12H22N4.